The first kappa shape index (κ1) is 27.4. The number of para-hydroxylation sites is 3. The molecule has 0 radical (unpaired) electrons. The van der Waals surface area contributed by atoms with Crippen molar-refractivity contribution >= 4 is 54.5 Å². The molecule has 2 aromatic heterocycles. The Morgan fingerprint density at radius 1 is 0.500 bits per heavy atom. The summed E-state index contributed by atoms with van der Waals surface area (Å²) in [6.07, 6.45) is -2.70. The zero-order chi connectivity index (χ0) is 41.5. The standard InChI is InChI=1S/C53H36N2O/c1-2-50-54-46-25-9-10-26-47(46)55(50)39-20-13-18-36(32-39)35-17-12-19-38(31-35)51-40-21-6-7-22-41(40)52(45-33-37(29-30-42(45)51)34-15-4-3-5-16-34)44-24-14-28-49-53(44)43-23-8-11-27-48(43)56-49/h3-33H,2H2,1H3/i1D3,2D2. The Kier molecular flexibility index (Phi) is 6.34. The Hall–Kier alpha value is -7.23. The molecular formula is C53H36N2O. The summed E-state index contributed by atoms with van der Waals surface area (Å²) in [5, 5.41) is 6.66. The largest absolute Gasteiger partial charge is 0.456 e. The van der Waals surface area contributed by atoms with E-state index in [1.165, 1.54) is 0 Å². The van der Waals surface area contributed by atoms with Crippen LogP contribution in [0.1, 0.15) is 19.5 Å². The third-order valence-corrected chi connectivity index (χ3v) is 11.1. The number of rotatable bonds is 6. The van der Waals surface area contributed by atoms with E-state index < -0.39 is 13.2 Å². The maximum Gasteiger partial charge on any atom is 0.136 e. The zero-order valence-corrected chi connectivity index (χ0v) is 30.2. The van der Waals surface area contributed by atoms with Crippen molar-refractivity contribution in [1.82, 2.24) is 9.55 Å². The fraction of sp³-hybridized carbons (Fsp3) is 0.0377. The second kappa shape index (κ2) is 13.0. The molecule has 0 aliphatic heterocycles. The third kappa shape index (κ3) is 5.09. The summed E-state index contributed by atoms with van der Waals surface area (Å²) in [5.74, 6) is -0.161. The van der Waals surface area contributed by atoms with Gasteiger partial charge >= 0.3 is 0 Å². The van der Waals surface area contributed by atoms with Crippen LogP contribution in [0.3, 0.4) is 0 Å². The van der Waals surface area contributed by atoms with Gasteiger partial charge in [-0.15, -0.1) is 0 Å². The minimum Gasteiger partial charge on any atom is -0.456 e. The normalized spacial score (nSPS) is 13.5. The highest BCUT2D eigenvalue weighted by atomic mass is 16.3. The lowest BCUT2D eigenvalue weighted by atomic mass is 9.83. The Morgan fingerprint density at radius 3 is 2.02 bits per heavy atom. The summed E-state index contributed by atoms with van der Waals surface area (Å²) in [6, 6.07) is 64.1. The SMILES string of the molecule is [2H]C([2H])([2H])C([2H])([2H])c1nc2ccccc2n1-c1cccc(-c2cccc(-c3c4ccccc4c(-c4cccc5oc6ccccc6c45)c4cc(-c5ccccc5)ccc34)c2)c1. The molecular weight excluding hydrogens is 681 g/mol. The van der Waals surface area contributed by atoms with Gasteiger partial charge in [0, 0.05) is 29.7 Å². The Bertz CT molecular complexity index is 3510. The molecule has 264 valence electrons. The lowest BCUT2D eigenvalue weighted by Crippen LogP contribution is -2.00. The third-order valence-electron chi connectivity index (χ3n) is 11.1. The highest BCUT2D eigenvalue weighted by molar-refractivity contribution is 6.26. The summed E-state index contributed by atoms with van der Waals surface area (Å²) in [4.78, 5) is 4.55. The predicted molar refractivity (Wildman–Crippen MR) is 234 cm³/mol. The van der Waals surface area contributed by atoms with E-state index in [1.54, 1.807) is 10.6 Å². The van der Waals surface area contributed by atoms with E-state index in [4.69, 9.17) is 11.3 Å². The average molecular weight is 722 g/mol. The van der Waals surface area contributed by atoms with Crippen molar-refractivity contribution in [2.75, 3.05) is 0 Å². The molecule has 0 atom stereocenters. The molecule has 0 bridgehead atoms. The van der Waals surface area contributed by atoms with Gasteiger partial charge < -0.3 is 4.42 Å². The highest BCUT2D eigenvalue weighted by Gasteiger charge is 2.21. The van der Waals surface area contributed by atoms with E-state index in [0.717, 1.165) is 88.0 Å². The molecule has 0 saturated carbocycles. The van der Waals surface area contributed by atoms with Gasteiger partial charge in [-0.3, -0.25) is 4.57 Å². The van der Waals surface area contributed by atoms with Crippen molar-refractivity contribution in [1.29, 1.82) is 0 Å². The molecule has 11 aromatic rings. The van der Waals surface area contributed by atoms with E-state index in [-0.39, 0.29) is 5.82 Å². The van der Waals surface area contributed by atoms with Crippen molar-refractivity contribution in [2.45, 2.75) is 13.2 Å². The van der Waals surface area contributed by atoms with Gasteiger partial charge in [0.25, 0.3) is 0 Å². The van der Waals surface area contributed by atoms with Crippen LogP contribution in [0.5, 0.6) is 0 Å². The van der Waals surface area contributed by atoms with Crippen molar-refractivity contribution in [3.63, 3.8) is 0 Å². The van der Waals surface area contributed by atoms with Gasteiger partial charge in [-0.25, -0.2) is 4.98 Å². The van der Waals surface area contributed by atoms with Crippen molar-refractivity contribution < 1.29 is 11.3 Å². The lowest BCUT2D eigenvalue weighted by Gasteiger charge is -2.20. The lowest BCUT2D eigenvalue weighted by molar-refractivity contribution is 0.669. The van der Waals surface area contributed by atoms with Crippen LogP contribution < -0.4 is 0 Å². The molecule has 0 spiro atoms. The van der Waals surface area contributed by atoms with E-state index in [2.05, 4.69) is 120 Å². The molecule has 0 amide bonds. The van der Waals surface area contributed by atoms with Crippen molar-refractivity contribution in [2.24, 2.45) is 0 Å². The van der Waals surface area contributed by atoms with Crippen LogP contribution >= 0.6 is 0 Å². The summed E-state index contributed by atoms with van der Waals surface area (Å²) in [5.41, 5.74) is 12.0. The van der Waals surface area contributed by atoms with E-state index in [9.17, 15) is 0 Å². The maximum absolute atomic E-state index is 8.73. The molecule has 0 fully saturated rings. The summed E-state index contributed by atoms with van der Waals surface area (Å²) in [7, 11) is 0. The summed E-state index contributed by atoms with van der Waals surface area (Å²) in [6.45, 7) is -2.93. The first-order chi connectivity index (χ1) is 29.7. The molecule has 0 unspecified atom stereocenters. The Morgan fingerprint density at radius 2 is 1.14 bits per heavy atom. The van der Waals surface area contributed by atoms with Gasteiger partial charge in [0.05, 0.1) is 11.0 Å². The monoisotopic (exact) mass is 721 g/mol. The van der Waals surface area contributed by atoms with Crippen LogP contribution in [0.4, 0.5) is 0 Å². The molecule has 2 heterocycles. The number of aryl methyl sites for hydroxylation is 1. The molecule has 11 rings (SSSR count). The molecule has 0 aliphatic rings. The van der Waals surface area contributed by atoms with Crippen molar-refractivity contribution in [3.8, 4) is 50.2 Å². The minimum atomic E-state index is -2.93. The molecule has 3 heteroatoms. The Labute approximate surface area is 331 Å². The topological polar surface area (TPSA) is 31.0 Å². The van der Waals surface area contributed by atoms with E-state index >= 15 is 0 Å². The molecule has 0 N–H and O–H groups in total. The number of benzene rings is 9. The smallest absolute Gasteiger partial charge is 0.136 e. The zero-order valence-electron chi connectivity index (χ0n) is 35.2. The second-order valence-corrected chi connectivity index (χ2v) is 14.2. The molecule has 56 heavy (non-hydrogen) atoms. The highest BCUT2D eigenvalue weighted by Crippen LogP contribution is 2.48. The van der Waals surface area contributed by atoms with Gasteiger partial charge in [-0.2, -0.15) is 0 Å². The number of hydrogen-bond acceptors (Lipinski definition) is 2. The molecule has 9 aromatic carbocycles. The van der Waals surface area contributed by atoms with Gasteiger partial charge in [0.1, 0.15) is 17.0 Å². The number of fused-ring (bicyclic) bond motifs is 6. The fourth-order valence-corrected chi connectivity index (χ4v) is 8.62. The minimum absolute atomic E-state index is 0.161. The van der Waals surface area contributed by atoms with Crippen LogP contribution in [-0.2, 0) is 6.37 Å². The van der Waals surface area contributed by atoms with Crippen LogP contribution in [-0.4, -0.2) is 9.55 Å². The number of nitrogens with zero attached hydrogens (tertiary/aromatic N) is 2. The number of imidazole rings is 1. The van der Waals surface area contributed by atoms with Gasteiger partial charge in [-0.05, 0) is 115 Å². The van der Waals surface area contributed by atoms with Crippen LogP contribution in [0.15, 0.2) is 192 Å². The summed E-state index contributed by atoms with van der Waals surface area (Å²) >= 11 is 0. The van der Waals surface area contributed by atoms with Gasteiger partial charge in [-0.1, -0.05) is 146 Å². The number of furan rings is 1. The number of hydrogen-bond donors (Lipinski definition) is 0. The summed E-state index contributed by atoms with van der Waals surface area (Å²) < 4.78 is 49.8. The van der Waals surface area contributed by atoms with Crippen LogP contribution in [0.2, 0.25) is 0 Å². The van der Waals surface area contributed by atoms with Crippen LogP contribution in [0.25, 0.3) is 105 Å². The fourth-order valence-electron chi connectivity index (χ4n) is 8.62. The van der Waals surface area contributed by atoms with E-state index in [0.29, 0.717) is 16.7 Å². The predicted octanol–water partition coefficient (Wildman–Crippen LogP) is 14.5. The van der Waals surface area contributed by atoms with Crippen LogP contribution in [0, 0.1) is 0 Å². The molecule has 0 aliphatic carbocycles. The number of aromatic nitrogens is 2. The first-order valence-corrected chi connectivity index (χ1v) is 18.8. The molecule has 0 saturated heterocycles. The maximum atomic E-state index is 8.73. The van der Waals surface area contributed by atoms with E-state index in [1.807, 2.05) is 66.7 Å². The van der Waals surface area contributed by atoms with Crippen molar-refractivity contribution in [3.05, 3.63) is 194 Å². The van der Waals surface area contributed by atoms with Gasteiger partial charge in [0.2, 0.25) is 0 Å². The molecule has 3 nitrogen and oxygen atoms in total. The van der Waals surface area contributed by atoms with Gasteiger partial charge in [0.15, 0.2) is 0 Å². The second-order valence-electron chi connectivity index (χ2n) is 14.2. The Balaban J connectivity index is 1.14. The first-order valence-electron chi connectivity index (χ1n) is 21.3. The average Bonchev–Trinajstić information content (AvgIpc) is 3.88. The quantitative estimate of drug-likeness (QED) is 0.160.